The van der Waals surface area contributed by atoms with Gasteiger partial charge in [-0.2, -0.15) is 0 Å². The van der Waals surface area contributed by atoms with Crippen LogP contribution in [0.2, 0.25) is 20.1 Å². The molecule has 0 aliphatic heterocycles. The molecule has 3 rings (SSSR count). The number of halogens is 4. The molecule has 1 unspecified atom stereocenters. The van der Waals surface area contributed by atoms with Gasteiger partial charge in [0.05, 0.1) is 36.5 Å². The van der Waals surface area contributed by atoms with Crippen molar-refractivity contribution in [3.8, 4) is 0 Å². The van der Waals surface area contributed by atoms with Gasteiger partial charge in [-0.15, -0.1) is 11.8 Å². The first-order valence-corrected chi connectivity index (χ1v) is 12.4. The van der Waals surface area contributed by atoms with Crippen LogP contribution in [0.3, 0.4) is 0 Å². The average molecular weight is 572 g/mol. The van der Waals surface area contributed by atoms with E-state index in [1.54, 1.807) is 31.2 Å². The molecule has 0 radical (unpaired) electrons. The summed E-state index contributed by atoms with van der Waals surface area (Å²) >= 11 is 25.4. The van der Waals surface area contributed by atoms with Crippen LogP contribution in [0.1, 0.15) is 33.2 Å². The van der Waals surface area contributed by atoms with Gasteiger partial charge in [0.1, 0.15) is 0 Å². The SMILES string of the molecule is Cc1cccc(NC(=O)C(C)Sc2ccc(NC(=O)c3c(Cl)c(Cl)c(Cl)c(Cl)c3C(=O)O)cc2)c1. The third-order valence-corrected chi connectivity index (χ3v) is 7.70. The quantitative estimate of drug-likeness (QED) is 0.153. The highest BCUT2D eigenvalue weighted by Crippen LogP contribution is 2.42. The Morgan fingerprint density at radius 1 is 0.829 bits per heavy atom. The van der Waals surface area contributed by atoms with Gasteiger partial charge < -0.3 is 15.7 Å². The maximum absolute atomic E-state index is 12.8. The minimum Gasteiger partial charge on any atom is -0.478 e. The molecule has 2 amide bonds. The van der Waals surface area contributed by atoms with Crippen LogP contribution in [0.25, 0.3) is 0 Å². The van der Waals surface area contributed by atoms with Gasteiger partial charge in [0.15, 0.2) is 0 Å². The van der Waals surface area contributed by atoms with Crippen LogP contribution >= 0.6 is 58.2 Å². The fourth-order valence-electron chi connectivity index (χ4n) is 3.08. The minimum absolute atomic E-state index is 0.148. The molecule has 11 heteroatoms. The maximum atomic E-state index is 12.8. The minimum atomic E-state index is -1.48. The number of carboxylic acid groups (broad SMARTS) is 1. The average Bonchev–Trinajstić information content (AvgIpc) is 2.80. The van der Waals surface area contributed by atoms with E-state index in [1.165, 1.54) is 11.8 Å². The summed E-state index contributed by atoms with van der Waals surface area (Å²) in [7, 11) is 0. The van der Waals surface area contributed by atoms with Crippen molar-refractivity contribution in [3.63, 3.8) is 0 Å². The van der Waals surface area contributed by atoms with Gasteiger partial charge in [0.2, 0.25) is 5.91 Å². The van der Waals surface area contributed by atoms with Crippen LogP contribution in [-0.4, -0.2) is 28.1 Å². The zero-order chi connectivity index (χ0) is 25.9. The van der Waals surface area contributed by atoms with Gasteiger partial charge in [-0.1, -0.05) is 58.5 Å². The largest absolute Gasteiger partial charge is 0.478 e. The Hall–Kier alpha value is -2.42. The van der Waals surface area contributed by atoms with E-state index in [-0.39, 0.29) is 31.2 Å². The number of carboxylic acids is 1. The highest BCUT2D eigenvalue weighted by atomic mass is 35.5. The van der Waals surface area contributed by atoms with Crippen LogP contribution in [-0.2, 0) is 4.79 Å². The van der Waals surface area contributed by atoms with E-state index < -0.39 is 23.0 Å². The molecule has 3 aromatic carbocycles. The molecule has 0 saturated heterocycles. The molecule has 0 bridgehead atoms. The molecule has 3 N–H and O–H groups in total. The third-order valence-electron chi connectivity index (χ3n) is 4.79. The number of rotatable bonds is 7. The van der Waals surface area contributed by atoms with Crippen molar-refractivity contribution in [1.29, 1.82) is 0 Å². The molecule has 35 heavy (non-hydrogen) atoms. The zero-order valence-corrected chi connectivity index (χ0v) is 22.1. The number of amides is 2. The number of aryl methyl sites for hydroxylation is 1. The topological polar surface area (TPSA) is 95.5 Å². The number of carbonyl (C=O) groups is 3. The summed E-state index contributed by atoms with van der Waals surface area (Å²) in [6.07, 6.45) is 0. The van der Waals surface area contributed by atoms with E-state index >= 15 is 0 Å². The van der Waals surface area contributed by atoms with Crippen molar-refractivity contribution in [2.24, 2.45) is 0 Å². The first-order chi connectivity index (χ1) is 16.5. The molecule has 0 saturated carbocycles. The van der Waals surface area contributed by atoms with Gasteiger partial charge >= 0.3 is 5.97 Å². The van der Waals surface area contributed by atoms with E-state index in [4.69, 9.17) is 46.4 Å². The van der Waals surface area contributed by atoms with Gasteiger partial charge in [-0.25, -0.2) is 4.79 Å². The third kappa shape index (κ3) is 6.42. The molecule has 0 spiro atoms. The van der Waals surface area contributed by atoms with Crippen molar-refractivity contribution >= 4 is 87.3 Å². The summed E-state index contributed by atoms with van der Waals surface area (Å²) in [5.41, 5.74) is 1.18. The van der Waals surface area contributed by atoms with Gasteiger partial charge in [0, 0.05) is 16.3 Å². The first kappa shape index (κ1) is 27.2. The standard InChI is InChI=1S/C24H18Cl4N2O4S/c1-11-4-3-5-14(10-11)30-22(31)12(2)35-15-8-6-13(7-9-15)29-23(32)16-17(24(33)34)19(26)21(28)20(27)18(16)25/h3-10,12H,1-2H3,(H,29,32)(H,30,31)(H,33,34). The zero-order valence-electron chi connectivity index (χ0n) is 18.3. The van der Waals surface area contributed by atoms with Crippen molar-refractivity contribution in [3.05, 3.63) is 85.3 Å². The second-order valence-electron chi connectivity index (χ2n) is 7.41. The summed E-state index contributed by atoms with van der Waals surface area (Å²) in [6.45, 7) is 3.73. The Balaban J connectivity index is 1.72. The molecule has 0 aliphatic rings. The molecule has 182 valence electrons. The molecular formula is C24H18Cl4N2O4S. The molecule has 0 fully saturated rings. The Labute approximate surface area is 225 Å². The lowest BCUT2D eigenvalue weighted by Gasteiger charge is -2.15. The lowest BCUT2D eigenvalue weighted by Crippen LogP contribution is -2.22. The predicted octanol–water partition coefficient (Wildman–Crippen LogP) is 7.68. The smallest absolute Gasteiger partial charge is 0.338 e. The number of benzene rings is 3. The number of carbonyl (C=O) groups excluding carboxylic acids is 2. The number of hydrogen-bond donors (Lipinski definition) is 3. The first-order valence-electron chi connectivity index (χ1n) is 10.0. The molecule has 0 aliphatic carbocycles. The summed E-state index contributed by atoms with van der Waals surface area (Å²) < 4.78 is 0. The van der Waals surface area contributed by atoms with Crippen LogP contribution in [0.4, 0.5) is 11.4 Å². The highest BCUT2D eigenvalue weighted by Gasteiger charge is 2.29. The summed E-state index contributed by atoms with van der Waals surface area (Å²) in [6, 6.07) is 14.2. The highest BCUT2D eigenvalue weighted by molar-refractivity contribution is 8.00. The Morgan fingerprint density at radius 2 is 1.43 bits per heavy atom. The molecule has 0 aromatic heterocycles. The Morgan fingerprint density at radius 3 is 2.00 bits per heavy atom. The monoisotopic (exact) mass is 570 g/mol. The van der Waals surface area contributed by atoms with Crippen molar-refractivity contribution in [2.75, 3.05) is 10.6 Å². The van der Waals surface area contributed by atoms with Crippen molar-refractivity contribution < 1.29 is 19.5 Å². The van der Waals surface area contributed by atoms with E-state index in [0.29, 0.717) is 5.69 Å². The molecule has 1 atom stereocenters. The van der Waals surface area contributed by atoms with Crippen LogP contribution < -0.4 is 10.6 Å². The molecule has 6 nitrogen and oxygen atoms in total. The molecule has 3 aromatic rings. The molecular weight excluding hydrogens is 554 g/mol. The number of aromatic carboxylic acids is 1. The van der Waals surface area contributed by atoms with Gasteiger partial charge in [-0.3, -0.25) is 9.59 Å². The Kier molecular flexibility index (Phi) is 8.96. The van der Waals surface area contributed by atoms with E-state index in [0.717, 1.165) is 16.1 Å². The number of hydrogen-bond acceptors (Lipinski definition) is 4. The van der Waals surface area contributed by atoms with Crippen LogP contribution in [0.5, 0.6) is 0 Å². The lowest BCUT2D eigenvalue weighted by atomic mass is 10.1. The summed E-state index contributed by atoms with van der Waals surface area (Å²) in [5.74, 6) is -2.45. The molecule has 0 heterocycles. The van der Waals surface area contributed by atoms with Gasteiger partial charge in [0.25, 0.3) is 5.91 Å². The van der Waals surface area contributed by atoms with Gasteiger partial charge in [-0.05, 0) is 55.8 Å². The maximum Gasteiger partial charge on any atom is 0.338 e. The van der Waals surface area contributed by atoms with Crippen LogP contribution in [0, 0.1) is 6.92 Å². The van der Waals surface area contributed by atoms with Crippen molar-refractivity contribution in [2.45, 2.75) is 24.0 Å². The van der Waals surface area contributed by atoms with Crippen molar-refractivity contribution in [1.82, 2.24) is 0 Å². The lowest BCUT2D eigenvalue weighted by molar-refractivity contribution is -0.115. The fraction of sp³-hybridized carbons (Fsp3) is 0.125. The van der Waals surface area contributed by atoms with E-state index in [1.807, 2.05) is 31.2 Å². The number of thioether (sulfide) groups is 1. The predicted molar refractivity (Wildman–Crippen MR) is 143 cm³/mol. The summed E-state index contributed by atoms with van der Waals surface area (Å²) in [5, 5.41) is 13.4. The Bertz CT molecular complexity index is 1320. The van der Waals surface area contributed by atoms with Crippen LogP contribution in [0.15, 0.2) is 53.4 Å². The van der Waals surface area contributed by atoms with E-state index in [9.17, 15) is 19.5 Å². The second-order valence-corrected chi connectivity index (χ2v) is 10.3. The summed E-state index contributed by atoms with van der Waals surface area (Å²) in [4.78, 5) is 37.8. The normalized spacial score (nSPS) is 11.6. The fourth-order valence-corrected chi connectivity index (χ4v) is 4.97. The van der Waals surface area contributed by atoms with E-state index in [2.05, 4.69) is 10.6 Å². The second kappa shape index (κ2) is 11.5. The number of nitrogens with one attached hydrogen (secondary N) is 2. The number of anilines is 2.